The van der Waals surface area contributed by atoms with Gasteiger partial charge in [-0.15, -0.1) is 0 Å². The number of aryl methyl sites for hydroxylation is 1. The predicted octanol–water partition coefficient (Wildman–Crippen LogP) is 1.85. The molecule has 1 aliphatic rings. The normalized spacial score (nSPS) is 18.3. The molecule has 0 aromatic carbocycles. The highest BCUT2D eigenvalue weighted by atomic mass is 16.1. The maximum absolute atomic E-state index is 12.3. The van der Waals surface area contributed by atoms with Crippen LogP contribution in [0.3, 0.4) is 0 Å². The molecule has 1 amide bonds. The van der Waals surface area contributed by atoms with E-state index >= 15 is 0 Å². The molecule has 1 aliphatic heterocycles. The molecule has 0 spiro atoms. The molecule has 0 aliphatic carbocycles. The van der Waals surface area contributed by atoms with Crippen LogP contribution in [-0.2, 0) is 0 Å². The number of anilines is 1. The summed E-state index contributed by atoms with van der Waals surface area (Å²) in [5, 5.41) is 2.92. The van der Waals surface area contributed by atoms with Crippen LogP contribution in [0, 0.1) is 6.92 Å². The molecular formula is C17H29N5O. The Balaban J connectivity index is 2.13. The summed E-state index contributed by atoms with van der Waals surface area (Å²) in [6, 6.07) is 2.24. The van der Waals surface area contributed by atoms with Gasteiger partial charge >= 0.3 is 0 Å². The SMILES string of the molecule is CCC1CCCCN1c1nc(C)cc(C(=O)NCCN(C)C)n1. The Labute approximate surface area is 139 Å². The predicted molar refractivity (Wildman–Crippen MR) is 92.9 cm³/mol. The van der Waals surface area contributed by atoms with Gasteiger partial charge in [0.2, 0.25) is 5.95 Å². The van der Waals surface area contributed by atoms with Crippen LogP contribution >= 0.6 is 0 Å². The van der Waals surface area contributed by atoms with Crippen LogP contribution < -0.4 is 10.2 Å². The van der Waals surface area contributed by atoms with Crippen molar-refractivity contribution in [2.24, 2.45) is 0 Å². The molecule has 1 atom stereocenters. The van der Waals surface area contributed by atoms with Gasteiger partial charge in [-0.3, -0.25) is 4.79 Å². The molecule has 1 aromatic heterocycles. The van der Waals surface area contributed by atoms with E-state index in [0.717, 1.165) is 31.6 Å². The van der Waals surface area contributed by atoms with E-state index in [4.69, 9.17) is 0 Å². The van der Waals surface area contributed by atoms with Gasteiger partial charge in [-0.05, 0) is 52.8 Å². The van der Waals surface area contributed by atoms with E-state index in [1.54, 1.807) is 6.07 Å². The minimum absolute atomic E-state index is 0.122. The number of amides is 1. The second kappa shape index (κ2) is 8.24. The zero-order valence-electron chi connectivity index (χ0n) is 14.8. The van der Waals surface area contributed by atoms with E-state index in [1.165, 1.54) is 12.8 Å². The van der Waals surface area contributed by atoms with Gasteiger partial charge < -0.3 is 15.1 Å². The Morgan fingerprint density at radius 2 is 2.17 bits per heavy atom. The fourth-order valence-electron chi connectivity index (χ4n) is 2.97. The van der Waals surface area contributed by atoms with Crippen LogP contribution in [0.5, 0.6) is 0 Å². The first-order chi connectivity index (χ1) is 11.0. The van der Waals surface area contributed by atoms with Crippen molar-refractivity contribution in [1.82, 2.24) is 20.2 Å². The molecule has 1 saturated heterocycles. The highest BCUT2D eigenvalue weighted by Crippen LogP contribution is 2.24. The van der Waals surface area contributed by atoms with E-state index in [0.29, 0.717) is 24.2 Å². The highest BCUT2D eigenvalue weighted by molar-refractivity contribution is 5.92. The van der Waals surface area contributed by atoms with Crippen molar-refractivity contribution in [2.75, 3.05) is 38.6 Å². The topological polar surface area (TPSA) is 61.4 Å². The maximum Gasteiger partial charge on any atom is 0.270 e. The fourth-order valence-corrected chi connectivity index (χ4v) is 2.97. The minimum atomic E-state index is -0.122. The first-order valence-electron chi connectivity index (χ1n) is 8.56. The third kappa shape index (κ3) is 4.89. The number of nitrogens with zero attached hydrogens (tertiary/aromatic N) is 4. The fraction of sp³-hybridized carbons (Fsp3) is 0.706. The van der Waals surface area contributed by atoms with Crippen LogP contribution in [0.25, 0.3) is 0 Å². The zero-order chi connectivity index (χ0) is 16.8. The molecule has 1 fully saturated rings. The molecule has 128 valence electrons. The quantitative estimate of drug-likeness (QED) is 0.867. The van der Waals surface area contributed by atoms with E-state index < -0.39 is 0 Å². The Bertz CT molecular complexity index is 532. The van der Waals surface area contributed by atoms with E-state index in [1.807, 2.05) is 25.9 Å². The van der Waals surface area contributed by atoms with Gasteiger partial charge in [0.1, 0.15) is 5.69 Å². The third-order valence-corrected chi connectivity index (χ3v) is 4.27. The molecule has 2 rings (SSSR count). The largest absolute Gasteiger partial charge is 0.349 e. The Morgan fingerprint density at radius 1 is 1.39 bits per heavy atom. The average molecular weight is 319 g/mol. The van der Waals surface area contributed by atoms with Gasteiger partial charge in [0.15, 0.2) is 0 Å². The summed E-state index contributed by atoms with van der Waals surface area (Å²) in [5.41, 5.74) is 1.31. The number of likely N-dealkylation sites (N-methyl/N-ethyl adjacent to an activating group) is 1. The lowest BCUT2D eigenvalue weighted by Crippen LogP contribution is -2.40. The van der Waals surface area contributed by atoms with Crippen molar-refractivity contribution >= 4 is 11.9 Å². The molecular weight excluding hydrogens is 290 g/mol. The third-order valence-electron chi connectivity index (χ3n) is 4.27. The van der Waals surface area contributed by atoms with Crippen LogP contribution in [0.15, 0.2) is 6.07 Å². The van der Waals surface area contributed by atoms with Gasteiger partial charge in [0.25, 0.3) is 5.91 Å². The van der Waals surface area contributed by atoms with Crippen molar-refractivity contribution in [3.8, 4) is 0 Å². The van der Waals surface area contributed by atoms with Crippen LogP contribution in [0.4, 0.5) is 5.95 Å². The summed E-state index contributed by atoms with van der Waals surface area (Å²) in [4.78, 5) is 25.8. The molecule has 23 heavy (non-hydrogen) atoms. The number of nitrogens with one attached hydrogen (secondary N) is 1. The van der Waals surface area contributed by atoms with Gasteiger partial charge in [-0.2, -0.15) is 0 Å². The molecule has 0 radical (unpaired) electrons. The summed E-state index contributed by atoms with van der Waals surface area (Å²) >= 11 is 0. The number of hydrogen-bond acceptors (Lipinski definition) is 5. The first kappa shape index (κ1) is 17.7. The Hall–Kier alpha value is -1.69. The minimum Gasteiger partial charge on any atom is -0.349 e. The van der Waals surface area contributed by atoms with Crippen molar-refractivity contribution in [3.63, 3.8) is 0 Å². The van der Waals surface area contributed by atoms with Crippen molar-refractivity contribution in [1.29, 1.82) is 0 Å². The van der Waals surface area contributed by atoms with Gasteiger partial charge in [-0.25, -0.2) is 9.97 Å². The summed E-state index contributed by atoms with van der Waals surface area (Å²) in [6.07, 6.45) is 4.69. The molecule has 2 heterocycles. The highest BCUT2D eigenvalue weighted by Gasteiger charge is 2.24. The van der Waals surface area contributed by atoms with Gasteiger partial charge in [0.05, 0.1) is 0 Å². The number of hydrogen-bond donors (Lipinski definition) is 1. The number of carbonyl (C=O) groups excluding carboxylic acids is 1. The second-order valence-electron chi connectivity index (χ2n) is 6.50. The molecule has 0 saturated carbocycles. The summed E-state index contributed by atoms with van der Waals surface area (Å²) in [6.45, 7) is 6.53. The molecule has 1 N–H and O–H groups in total. The number of rotatable bonds is 6. The Kier molecular flexibility index (Phi) is 6.33. The standard InChI is InChI=1S/C17H29N5O/c1-5-14-8-6-7-10-22(14)17-19-13(2)12-15(20-17)16(23)18-9-11-21(3)4/h12,14H,5-11H2,1-4H3,(H,18,23). The lowest BCUT2D eigenvalue weighted by Gasteiger charge is -2.35. The zero-order valence-corrected chi connectivity index (χ0v) is 14.8. The van der Waals surface area contributed by atoms with E-state index in [-0.39, 0.29) is 5.91 Å². The first-order valence-corrected chi connectivity index (χ1v) is 8.56. The van der Waals surface area contributed by atoms with E-state index in [9.17, 15) is 4.79 Å². The smallest absolute Gasteiger partial charge is 0.270 e. The summed E-state index contributed by atoms with van der Waals surface area (Å²) in [7, 11) is 3.97. The van der Waals surface area contributed by atoms with Crippen molar-refractivity contribution < 1.29 is 4.79 Å². The second-order valence-corrected chi connectivity index (χ2v) is 6.50. The molecule has 1 unspecified atom stereocenters. The number of piperidine rings is 1. The lowest BCUT2D eigenvalue weighted by atomic mass is 10.0. The molecule has 6 heteroatoms. The summed E-state index contributed by atoms with van der Waals surface area (Å²) < 4.78 is 0. The molecule has 6 nitrogen and oxygen atoms in total. The van der Waals surface area contributed by atoms with Gasteiger partial charge in [-0.1, -0.05) is 6.92 Å². The molecule has 0 bridgehead atoms. The maximum atomic E-state index is 12.3. The summed E-state index contributed by atoms with van der Waals surface area (Å²) in [5.74, 6) is 0.581. The van der Waals surface area contributed by atoms with Gasteiger partial charge in [0, 0.05) is 31.4 Å². The van der Waals surface area contributed by atoms with Crippen molar-refractivity contribution in [2.45, 2.75) is 45.6 Å². The average Bonchev–Trinajstić information content (AvgIpc) is 2.53. The van der Waals surface area contributed by atoms with Crippen LogP contribution in [0.1, 0.15) is 48.8 Å². The number of aromatic nitrogens is 2. The van der Waals surface area contributed by atoms with Crippen LogP contribution in [-0.4, -0.2) is 60.5 Å². The Morgan fingerprint density at radius 3 is 2.87 bits per heavy atom. The van der Waals surface area contributed by atoms with E-state index in [2.05, 4.69) is 27.1 Å². The van der Waals surface area contributed by atoms with Crippen LogP contribution in [0.2, 0.25) is 0 Å². The van der Waals surface area contributed by atoms with Crippen molar-refractivity contribution in [3.05, 3.63) is 17.5 Å². The number of carbonyl (C=O) groups is 1. The lowest BCUT2D eigenvalue weighted by molar-refractivity contribution is 0.0945. The molecule has 1 aromatic rings. The monoisotopic (exact) mass is 319 g/mol.